The number of sulfonamides is 1. The largest absolute Gasteiger partial charge is 0.497 e. The molecule has 3 aromatic rings. The summed E-state index contributed by atoms with van der Waals surface area (Å²) >= 11 is 0. The van der Waals surface area contributed by atoms with Crippen molar-refractivity contribution in [3.63, 3.8) is 0 Å². The lowest BCUT2D eigenvalue weighted by Crippen LogP contribution is -2.54. The molecule has 2 atom stereocenters. The Labute approximate surface area is 235 Å². The quantitative estimate of drug-likeness (QED) is 0.334. The molecule has 0 saturated carbocycles. The fourth-order valence-corrected chi connectivity index (χ4v) is 5.05. The number of methoxy groups -OCH3 is 1. The Balaban J connectivity index is 2.07. The summed E-state index contributed by atoms with van der Waals surface area (Å²) in [6.45, 7) is 3.22. The van der Waals surface area contributed by atoms with Gasteiger partial charge >= 0.3 is 0 Å². The van der Waals surface area contributed by atoms with Crippen molar-refractivity contribution in [2.24, 2.45) is 0 Å². The molecule has 10 heteroatoms. The van der Waals surface area contributed by atoms with E-state index in [-0.39, 0.29) is 30.6 Å². The number of nitrogens with one attached hydrogen (secondary N) is 1. The highest BCUT2D eigenvalue weighted by molar-refractivity contribution is 7.92. The SMILES string of the molecule is CC[C@@H](C)NC(=O)[C@@H](Cc1ccccc1)N(Cc1cccc(OC)c1)C(=O)CN(c1cccc(F)c1)S(C)(=O)=O. The summed E-state index contributed by atoms with van der Waals surface area (Å²) in [6, 6.07) is 20.3. The van der Waals surface area contributed by atoms with E-state index in [1.165, 1.54) is 30.2 Å². The summed E-state index contributed by atoms with van der Waals surface area (Å²) in [7, 11) is -2.45. The number of ether oxygens (including phenoxy) is 1. The van der Waals surface area contributed by atoms with Crippen molar-refractivity contribution in [3.8, 4) is 5.75 Å². The standard InChI is InChI=1S/C30H36FN3O5S/c1-5-22(2)32-30(36)28(18-23-11-7-6-8-12-23)33(20-24-13-9-16-27(17-24)39-3)29(35)21-34(40(4,37)38)26-15-10-14-25(31)19-26/h6-17,19,22,28H,5,18,20-21H2,1-4H3,(H,32,36)/t22-,28-/m1/s1. The summed E-state index contributed by atoms with van der Waals surface area (Å²) in [5.41, 5.74) is 1.54. The van der Waals surface area contributed by atoms with Crippen LogP contribution >= 0.6 is 0 Å². The Kier molecular flexibility index (Phi) is 10.7. The summed E-state index contributed by atoms with van der Waals surface area (Å²) in [5, 5.41) is 2.98. The molecule has 0 heterocycles. The number of hydrogen-bond donors (Lipinski definition) is 1. The zero-order valence-corrected chi connectivity index (χ0v) is 24.0. The topological polar surface area (TPSA) is 96.0 Å². The van der Waals surface area contributed by atoms with Gasteiger partial charge in [-0.15, -0.1) is 0 Å². The Bertz CT molecular complexity index is 1400. The van der Waals surface area contributed by atoms with Crippen LogP contribution in [0.4, 0.5) is 10.1 Å². The summed E-state index contributed by atoms with van der Waals surface area (Å²) < 4.78 is 45.7. The van der Waals surface area contributed by atoms with Gasteiger partial charge in [0.2, 0.25) is 21.8 Å². The first-order valence-electron chi connectivity index (χ1n) is 13.0. The molecule has 8 nitrogen and oxygen atoms in total. The highest BCUT2D eigenvalue weighted by Crippen LogP contribution is 2.22. The van der Waals surface area contributed by atoms with Crippen molar-refractivity contribution in [2.45, 2.75) is 45.3 Å². The molecule has 0 aliphatic heterocycles. The first kappa shape index (κ1) is 30.6. The predicted octanol–water partition coefficient (Wildman–Crippen LogP) is 4.16. The molecule has 0 fully saturated rings. The monoisotopic (exact) mass is 569 g/mol. The van der Waals surface area contributed by atoms with Gasteiger partial charge in [0, 0.05) is 19.0 Å². The number of hydrogen-bond acceptors (Lipinski definition) is 5. The molecule has 0 radical (unpaired) electrons. The van der Waals surface area contributed by atoms with Gasteiger partial charge in [0.05, 0.1) is 19.1 Å². The molecule has 214 valence electrons. The van der Waals surface area contributed by atoms with Crippen LogP contribution < -0.4 is 14.4 Å². The number of nitrogens with zero attached hydrogens (tertiary/aromatic N) is 2. The Hall–Kier alpha value is -3.92. The number of carbonyl (C=O) groups is 2. The van der Waals surface area contributed by atoms with Gasteiger partial charge in [0.15, 0.2) is 0 Å². The molecular weight excluding hydrogens is 533 g/mol. The minimum absolute atomic E-state index is 0.0147. The lowest BCUT2D eigenvalue weighted by atomic mass is 10.0. The van der Waals surface area contributed by atoms with Gasteiger partial charge in [-0.05, 0) is 54.8 Å². The highest BCUT2D eigenvalue weighted by atomic mass is 32.2. The van der Waals surface area contributed by atoms with Crippen LogP contribution in [0.1, 0.15) is 31.4 Å². The highest BCUT2D eigenvalue weighted by Gasteiger charge is 2.33. The second kappa shape index (κ2) is 13.9. The molecule has 0 aliphatic rings. The summed E-state index contributed by atoms with van der Waals surface area (Å²) in [4.78, 5) is 29.1. The zero-order valence-electron chi connectivity index (χ0n) is 23.2. The number of benzene rings is 3. The molecule has 0 bridgehead atoms. The molecule has 3 aromatic carbocycles. The van der Waals surface area contributed by atoms with E-state index in [2.05, 4.69) is 5.32 Å². The lowest BCUT2D eigenvalue weighted by molar-refractivity contribution is -0.140. The Morgan fingerprint density at radius 3 is 2.27 bits per heavy atom. The first-order chi connectivity index (χ1) is 19.0. The average Bonchev–Trinajstić information content (AvgIpc) is 2.93. The third kappa shape index (κ3) is 8.54. The van der Waals surface area contributed by atoms with Crippen molar-refractivity contribution < 1.29 is 27.1 Å². The van der Waals surface area contributed by atoms with E-state index in [1.807, 2.05) is 44.2 Å². The van der Waals surface area contributed by atoms with Crippen molar-refractivity contribution in [1.82, 2.24) is 10.2 Å². The van der Waals surface area contributed by atoms with Crippen LogP contribution in [0, 0.1) is 5.82 Å². The summed E-state index contributed by atoms with van der Waals surface area (Å²) in [6.07, 6.45) is 1.85. The van der Waals surface area contributed by atoms with E-state index in [0.717, 1.165) is 22.2 Å². The van der Waals surface area contributed by atoms with Crippen LogP contribution in [-0.4, -0.2) is 57.1 Å². The lowest BCUT2D eigenvalue weighted by Gasteiger charge is -2.34. The maximum atomic E-state index is 14.0. The van der Waals surface area contributed by atoms with Crippen LogP contribution in [0.25, 0.3) is 0 Å². The Morgan fingerprint density at radius 2 is 1.65 bits per heavy atom. The summed E-state index contributed by atoms with van der Waals surface area (Å²) in [5.74, 6) is -1.03. The number of carbonyl (C=O) groups excluding carboxylic acids is 2. The van der Waals surface area contributed by atoms with Gasteiger partial charge in [0.1, 0.15) is 24.2 Å². The van der Waals surface area contributed by atoms with E-state index in [4.69, 9.17) is 4.74 Å². The molecule has 1 N–H and O–H groups in total. The van der Waals surface area contributed by atoms with Crippen LogP contribution in [0.15, 0.2) is 78.9 Å². The second-order valence-electron chi connectivity index (χ2n) is 9.65. The average molecular weight is 570 g/mol. The third-order valence-electron chi connectivity index (χ3n) is 6.53. The molecule has 0 aliphatic carbocycles. The maximum Gasteiger partial charge on any atom is 0.244 e. The van der Waals surface area contributed by atoms with Crippen molar-refractivity contribution in [1.29, 1.82) is 0 Å². The molecule has 0 unspecified atom stereocenters. The number of amides is 2. The minimum atomic E-state index is -3.98. The Morgan fingerprint density at radius 1 is 0.975 bits per heavy atom. The van der Waals surface area contributed by atoms with Crippen LogP contribution in [0.5, 0.6) is 5.75 Å². The molecular formula is C30H36FN3O5S. The normalized spacial score (nSPS) is 12.7. The van der Waals surface area contributed by atoms with E-state index in [0.29, 0.717) is 17.7 Å². The third-order valence-corrected chi connectivity index (χ3v) is 7.68. The van der Waals surface area contributed by atoms with Gasteiger partial charge in [-0.25, -0.2) is 12.8 Å². The molecule has 3 rings (SSSR count). The number of anilines is 1. The van der Waals surface area contributed by atoms with Crippen molar-refractivity contribution >= 4 is 27.5 Å². The fourth-order valence-electron chi connectivity index (χ4n) is 4.21. The predicted molar refractivity (Wildman–Crippen MR) is 154 cm³/mol. The van der Waals surface area contributed by atoms with Crippen molar-refractivity contribution in [2.75, 3.05) is 24.2 Å². The molecule has 0 spiro atoms. The van der Waals surface area contributed by atoms with Gasteiger partial charge in [-0.2, -0.15) is 0 Å². The van der Waals surface area contributed by atoms with Crippen LogP contribution in [-0.2, 0) is 32.6 Å². The smallest absolute Gasteiger partial charge is 0.244 e. The number of rotatable bonds is 13. The van der Waals surface area contributed by atoms with Gasteiger partial charge in [-0.1, -0.05) is 55.5 Å². The van der Waals surface area contributed by atoms with E-state index < -0.39 is 34.3 Å². The van der Waals surface area contributed by atoms with Gasteiger partial charge in [0.25, 0.3) is 0 Å². The van der Waals surface area contributed by atoms with Crippen LogP contribution in [0.3, 0.4) is 0 Å². The first-order valence-corrected chi connectivity index (χ1v) is 14.9. The zero-order chi connectivity index (χ0) is 29.3. The van der Waals surface area contributed by atoms with E-state index in [9.17, 15) is 22.4 Å². The van der Waals surface area contributed by atoms with E-state index in [1.54, 1.807) is 24.3 Å². The van der Waals surface area contributed by atoms with E-state index >= 15 is 0 Å². The van der Waals surface area contributed by atoms with Crippen LogP contribution in [0.2, 0.25) is 0 Å². The minimum Gasteiger partial charge on any atom is -0.497 e. The van der Waals surface area contributed by atoms with Crippen molar-refractivity contribution in [3.05, 3.63) is 95.8 Å². The van der Waals surface area contributed by atoms with Gasteiger partial charge < -0.3 is 15.0 Å². The second-order valence-corrected chi connectivity index (χ2v) is 11.6. The molecule has 0 saturated heterocycles. The fraction of sp³-hybridized carbons (Fsp3) is 0.333. The molecule has 0 aromatic heterocycles. The molecule has 2 amide bonds. The maximum absolute atomic E-state index is 14.0. The number of halogens is 1. The van der Waals surface area contributed by atoms with Gasteiger partial charge in [-0.3, -0.25) is 13.9 Å². The molecule has 40 heavy (non-hydrogen) atoms.